The Morgan fingerprint density at radius 2 is 2.19 bits per heavy atom. The minimum absolute atomic E-state index is 0.0408. The highest BCUT2D eigenvalue weighted by Crippen LogP contribution is 2.33. The van der Waals surface area contributed by atoms with Gasteiger partial charge in [-0.05, 0) is 45.0 Å². The van der Waals surface area contributed by atoms with Crippen LogP contribution in [-0.4, -0.2) is 45.8 Å². The third kappa shape index (κ3) is 5.26. The van der Waals surface area contributed by atoms with E-state index >= 15 is 0 Å². The number of carbonyl (C=O) groups is 1. The van der Waals surface area contributed by atoms with Gasteiger partial charge in [-0.15, -0.1) is 11.3 Å². The molecule has 1 atom stereocenters. The van der Waals surface area contributed by atoms with E-state index in [1.165, 1.54) is 17.4 Å². The first-order valence-corrected chi connectivity index (χ1v) is 11.2. The number of hydrogen-bond donors (Lipinski definition) is 1. The summed E-state index contributed by atoms with van der Waals surface area (Å²) in [5.41, 5.74) is 3.30. The number of aryl methyl sites for hydroxylation is 1. The summed E-state index contributed by atoms with van der Waals surface area (Å²) in [4.78, 5) is 25.8. The van der Waals surface area contributed by atoms with Crippen LogP contribution in [-0.2, 0) is 11.3 Å². The van der Waals surface area contributed by atoms with Gasteiger partial charge in [0, 0.05) is 41.6 Å². The fourth-order valence-electron chi connectivity index (χ4n) is 4.01. The molecule has 6 nitrogen and oxygen atoms in total. The molecule has 1 N–H and O–H groups in total. The maximum atomic E-state index is 13.9. The number of pyridine rings is 1. The molecule has 162 valence electrons. The lowest BCUT2D eigenvalue weighted by Gasteiger charge is -2.27. The maximum Gasteiger partial charge on any atom is 0.237 e. The molecule has 2 aromatic heterocycles. The largest absolute Gasteiger partial charge is 0.333 e. The Morgan fingerprint density at radius 1 is 1.35 bits per heavy atom. The zero-order chi connectivity index (χ0) is 21.8. The predicted octanol–water partition coefficient (Wildman–Crippen LogP) is 4.52. The topological polar surface area (TPSA) is 61.4 Å². The van der Waals surface area contributed by atoms with E-state index in [0.717, 1.165) is 35.0 Å². The summed E-state index contributed by atoms with van der Waals surface area (Å²) in [6.45, 7) is 3.30. The summed E-state index contributed by atoms with van der Waals surface area (Å²) in [5.74, 6) is -0.204. The van der Waals surface area contributed by atoms with E-state index in [1.54, 1.807) is 18.3 Å². The van der Waals surface area contributed by atoms with Crippen molar-refractivity contribution in [2.75, 3.05) is 25.5 Å². The molecule has 1 aliphatic heterocycles. The number of halogens is 1. The Balaban J connectivity index is 1.45. The van der Waals surface area contributed by atoms with Crippen molar-refractivity contribution < 1.29 is 9.18 Å². The molecule has 8 heteroatoms. The SMILES string of the molecule is Cc1cc(Nc2nccs2)cc([C@@H]2CCCN2C(=O)CN(C)Cc2ccccc2F)n1. The molecule has 4 rings (SSSR count). The molecule has 0 aliphatic carbocycles. The van der Waals surface area contributed by atoms with Crippen molar-refractivity contribution in [1.82, 2.24) is 19.8 Å². The van der Waals surface area contributed by atoms with E-state index in [0.29, 0.717) is 18.7 Å². The number of likely N-dealkylation sites (N-methyl/N-ethyl adjacent to an activating group) is 1. The quantitative estimate of drug-likeness (QED) is 0.586. The molecule has 0 bridgehead atoms. The Hall–Kier alpha value is -2.84. The Morgan fingerprint density at radius 3 is 2.97 bits per heavy atom. The summed E-state index contributed by atoms with van der Waals surface area (Å²) in [6.07, 6.45) is 3.59. The van der Waals surface area contributed by atoms with Gasteiger partial charge in [-0.2, -0.15) is 0 Å². The van der Waals surface area contributed by atoms with E-state index < -0.39 is 0 Å². The molecule has 1 fully saturated rings. The average Bonchev–Trinajstić information content (AvgIpc) is 3.41. The smallest absolute Gasteiger partial charge is 0.237 e. The fraction of sp³-hybridized carbons (Fsp3) is 0.348. The first-order chi connectivity index (χ1) is 15.0. The van der Waals surface area contributed by atoms with Crippen LogP contribution in [0.2, 0.25) is 0 Å². The molecule has 3 heterocycles. The number of amides is 1. The van der Waals surface area contributed by atoms with Crippen molar-refractivity contribution >= 4 is 28.1 Å². The van der Waals surface area contributed by atoms with Gasteiger partial charge < -0.3 is 10.2 Å². The number of likely N-dealkylation sites (tertiary alicyclic amines) is 1. The molecular formula is C23H26FN5OS. The van der Waals surface area contributed by atoms with Gasteiger partial charge in [0.25, 0.3) is 0 Å². The molecule has 0 unspecified atom stereocenters. The number of rotatable bonds is 7. The Kier molecular flexibility index (Phi) is 6.58. The van der Waals surface area contributed by atoms with Crippen LogP contribution in [0, 0.1) is 12.7 Å². The van der Waals surface area contributed by atoms with Crippen LogP contribution >= 0.6 is 11.3 Å². The highest BCUT2D eigenvalue weighted by atomic mass is 32.1. The van der Waals surface area contributed by atoms with Crippen molar-refractivity contribution in [2.24, 2.45) is 0 Å². The van der Waals surface area contributed by atoms with Crippen molar-refractivity contribution in [2.45, 2.75) is 32.4 Å². The van der Waals surface area contributed by atoms with Crippen molar-refractivity contribution in [3.63, 3.8) is 0 Å². The van der Waals surface area contributed by atoms with Gasteiger partial charge in [0.05, 0.1) is 18.3 Å². The zero-order valence-corrected chi connectivity index (χ0v) is 18.5. The van der Waals surface area contributed by atoms with Gasteiger partial charge in [-0.25, -0.2) is 9.37 Å². The first kappa shape index (κ1) is 21.4. The summed E-state index contributed by atoms with van der Waals surface area (Å²) >= 11 is 1.54. The highest BCUT2D eigenvalue weighted by Gasteiger charge is 2.31. The molecule has 1 amide bonds. The lowest BCUT2D eigenvalue weighted by Crippen LogP contribution is -2.38. The number of carbonyl (C=O) groups excluding carboxylic acids is 1. The van der Waals surface area contributed by atoms with Gasteiger partial charge in [-0.3, -0.25) is 14.7 Å². The normalized spacial score (nSPS) is 16.1. The van der Waals surface area contributed by atoms with Crippen LogP contribution in [0.25, 0.3) is 0 Å². The number of aromatic nitrogens is 2. The standard InChI is InChI=1S/C23H26FN5OS/c1-16-12-18(27-23-25-9-11-31-23)13-20(26-16)21-8-5-10-29(21)22(30)15-28(2)14-17-6-3-4-7-19(17)24/h3-4,6-7,9,11-13,21H,5,8,10,14-15H2,1-2H3,(H,25,26,27)/t21-/m0/s1. The molecule has 1 aromatic carbocycles. The molecule has 31 heavy (non-hydrogen) atoms. The predicted molar refractivity (Wildman–Crippen MR) is 121 cm³/mol. The summed E-state index contributed by atoms with van der Waals surface area (Å²) in [6, 6.07) is 10.6. The summed E-state index contributed by atoms with van der Waals surface area (Å²) in [5, 5.41) is 6.07. The number of nitrogens with zero attached hydrogens (tertiary/aromatic N) is 4. The highest BCUT2D eigenvalue weighted by molar-refractivity contribution is 7.13. The fourth-order valence-corrected chi connectivity index (χ4v) is 4.56. The minimum atomic E-state index is -0.245. The molecule has 3 aromatic rings. The van der Waals surface area contributed by atoms with Crippen LogP contribution in [0.3, 0.4) is 0 Å². The van der Waals surface area contributed by atoms with Crippen LogP contribution < -0.4 is 5.32 Å². The molecule has 0 radical (unpaired) electrons. The van der Waals surface area contributed by atoms with E-state index in [1.807, 2.05) is 47.4 Å². The second-order valence-corrected chi connectivity index (χ2v) is 8.79. The Labute approximate surface area is 185 Å². The van der Waals surface area contributed by atoms with Crippen LogP contribution in [0.4, 0.5) is 15.2 Å². The van der Waals surface area contributed by atoms with Crippen molar-refractivity contribution in [3.05, 3.63) is 70.7 Å². The summed E-state index contributed by atoms with van der Waals surface area (Å²) < 4.78 is 13.9. The van der Waals surface area contributed by atoms with Crippen LogP contribution in [0.15, 0.2) is 48.0 Å². The number of benzene rings is 1. The average molecular weight is 440 g/mol. The van der Waals surface area contributed by atoms with E-state index in [4.69, 9.17) is 4.98 Å². The molecule has 0 spiro atoms. The Bertz CT molecular complexity index is 1040. The van der Waals surface area contributed by atoms with Gasteiger partial charge >= 0.3 is 0 Å². The van der Waals surface area contributed by atoms with E-state index in [-0.39, 0.29) is 24.3 Å². The number of thiazole rings is 1. The second kappa shape index (κ2) is 9.53. The van der Waals surface area contributed by atoms with Gasteiger partial charge in [-0.1, -0.05) is 18.2 Å². The van der Waals surface area contributed by atoms with E-state index in [2.05, 4.69) is 10.3 Å². The maximum absolute atomic E-state index is 13.9. The van der Waals surface area contributed by atoms with Gasteiger partial charge in [0.15, 0.2) is 5.13 Å². The molecule has 1 saturated heterocycles. The third-order valence-electron chi connectivity index (χ3n) is 5.37. The molecular weight excluding hydrogens is 413 g/mol. The van der Waals surface area contributed by atoms with E-state index in [9.17, 15) is 9.18 Å². The second-order valence-electron chi connectivity index (χ2n) is 7.89. The monoisotopic (exact) mass is 439 g/mol. The lowest BCUT2D eigenvalue weighted by molar-refractivity contribution is -0.133. The van der Waals surface area contributed by atoms with Gasteiger partial charge in [0.2, 0.25) is 5.91 Å². The zero-order valence-electron chi connectivity index (χ0n) is 17.7. The number of nitrogens with one attached hydrogen (secondary N) is 1. The number of anilines is 2. The number of hydrogen-bond acceptors (Lipinski definition) is 6. The van der Waals surface area contributed by atoms with Crippen LogP contribution in [0.5, 0.6) is 0 Å². The van der Waals surface area contributed by atoms with Crippen molar-refractivity contribution in [1.29, 1.82) is 0 Å². The van der Waals surface area contributed by atoms with Crippen LogP contribution in [0.1, 0.15) is 35.8 Å². The molecule has 0 saturated carbocycles. The van der Waals surface area contributed by atoms with Crippen molar-refractivity contribution in [3.8, 4) is 0 Å². The first-order valence-electron chi connectivity index (χ1n) is 10.4. The summed E-state index contributed by atoms with van der Waals surface area (Å²) in [7, 11) is 1.84. The third-order valence-corrected chi connectivity index (χ3v) is 6.06. The lowest BCUT2D eigenvalue weighted by atomic mass is 10.1. The minimum Gasteiger partial charge on any atom is -0.333 e. The molecule has 1 aliphatic rings. The van der Waals surface area contributed by atoms with Gasteiger partial charge in [0.1, 0.15) is 5.82 Å².